The van der Waals surface area contributed by atoms with Gasteiger partial charge in [-0.05, 0) is 31.1 Å². The largest absolute Gasteiger partial charge is 0.363 e. The first-order valence-corrected chi connectivity index (χ1v) is 6.92. The van der Waals surface area contributed by atoms with E-state index < -0.39 is 5.60 Å². The minimum Gasteiger partial charge on any atom is -0.363 e. The van der Waals surface area contributed by atoms with Crippen LogP contribution < -0.4 is 0 Å². The molecule has 2 unspecified atom stereocenters. The van der Waals surface area contributed by atoms with E-state index in [0.717, 1.165) is 24.7 Å². The summed E-state index contributed by atoms with van der Waals surface area (Å²) >= 11 is 0. The number of carbonyl (C=O) groups is 1. The third kappa shape index (κ3) is 1.91. The van der Waals surface area contributed by atoms with Gasteiger partial charge in [0, 0.05) is 39.0 Å². The number of carbonyl (C=O) groups excluding carboxylic acids is 1. The van der Waals surface area contributed by atoms with Gasteiger partial charge in [0.1, 0.15) is 0 Å². The summed E-state index contributed by atoms with van der Waals surface area (Å²) in [5.74, 6) is 2.29. The molecule has 0 aromatic rings. The molecule has 98 valence electrons. The molecule has 0 spiro atoms. The van der Waals surface area contributed by atoms with Crippen LogP contribution in [0.3, 0.4) is 0 Å². The Morgan fingerprint density at radius 1 is 1.28 bits per heavy atom. The van der Waals surface area contributed by atoms with Crippen molar-refractivity contribution in [2.75, 3.05) is 20.2 Å². The molecule has 1 saturated heterocycles. The maximum Gasteiger partial charge on any atom is 0.225 e. The van der Waals surface area contributed by atoms with Crippen molar-refractivity contribution in [2.24, 2.45) is 17.8 Å². The molecule has 0 radical (unpaired) electrons. The lowest BCUT2D eigenvalue weighted by atomic mass is 9.91. The van der Waals surface area contributed by atoms with Crippen molar-refractivity contribution in [2.45, 2.75) is 37.7 Å². The van der Waals surface area contributed by atoms with Crippen LogP contribution in [0.1, 0.15) is 32.1 Å². The normalized spacial score (nSPS) is 36.9. The van der Waals surface area contributed by atoms with Gasteiger partial charge < -0.3 is 9.64 Å². The van der Waals surface area contributed by atoms with E-state index in [2.05, 4.69) is 6.07 Å². The minimum absolute atomic E-state index is 0.269. The Balaban J connectivity index is 1.56. The number of amides is 1. The summed E-state index contributed by atoms with van der Waals surface area (Å²) < 4.78 is 5.31. The molecular formula is C14H20N2O2. The fourth-order valence-corrected chi connectivity index (χ4v) is 3.62. The summed E-state index contributed by atoms with van der Waals surface area (Å²) in [5.41, 5.74) is -0.658. The summed E-state index contributed by atoms with van der Waals surface area (Å²) in [6.07, 6.45) is 4.85. The number of hydrogen-bond acceptors (Lipinski definition) is 3. The minimum atomic E-state index is -0.658. The maximum atomic E-state index is 12.4. The summed E-state index contributed by atoms with van der Waals surface area (Å²) in [7, 11) is 1.59. The summed E-state index contributed by atoms with van der Waals surface area (Å²) in [6, 6.07) is 2.25. The zero-order valence-corrected chi connectivity index (χ0v) is 10.9. The predicted octanol–water partition coefficient (Wildman–Crippen LogP) is 1.56. The standard InChI is InChI=1S/C14H20N2O2/c1-18-14(9-15)2-4-16(5-3-14)13(17)12-7-10-6-11(10)8-12/h10-12H,2-8H2,1H3. The first-order valence-electron chi connectivity index (χ1n) is 6.92. The van der Waals surface area contributed by atoms with Crippen LogP contribution in [0.5, 0.6) is 0 Å². The number of hydrogen-bond donors (Lipinski definition) is 0. The number of methoxy groups -OCH3 is 1. The molecule has 0 aromatic carbocycles. The third-order valence-corrected chi connectivity index (χ3v) is 5.07. The van der Waals surface area contributed by atoms with Gasteiger partial charge in [-0.25, -0.2) is 0 Å². The first-order chi connectivity index (χ1) is 8.67. The molecule has 2 saturated carbocycles. The van der Waals surface area contributed by atoms with E-state index >= 15 is 0 Å². The predicted molar refractivity (Wildman–Crippen MR) is 65.5 cm³/mol. The van der Waals surface area contributed by atoms with Gasteiger partial charge in [0.15, 0.2) is 5.60 Å². The molecule has 3 rings (SSSR count). The lowest BCUT2D eigenvalue weighted by molar-refractivity contribution is -0.139. The highest BCUT2D eigenvalue weighted by atomic mass is 16.5. The van der Waals surface area contributed by atoms with Crippen LogP contribution in [0.15, 0.2) is 0 Å². The number of nitrogens with zero attached hydrogens (tertiary/aromatic N) is 2. The number of fused-ring (bicyclic) bond motifs is 1. The number of piperidine rings is 1. The van der Waals surface area contributed by atoms with Crippen molar-refractivity contribution < 1.29 is 9.53 Å². The van der Waals surface area contributed by atoms with Crippen LogP contribution in [0.4, 0.5) is 0 Å². The Morgan fingerprint density at radius 3 is 2.39 bits per heavy atom. The second-order valence-corrected chi connectivity index (χ2v) is 6.06. The molecule has 3 fully saturated rings. The third-order valence-electron chi connectivity index (χ3n) is 5.07. The van der Waals surface area contributed by atoms with Crippen LogP contribution in [0.25, 0.3) is 0 Å². The lowest BCUT2D eigenvalue weighted by Gasteiger charge is -2.37. The summed E-state index contributed by atoms with van der Waals surface area (Å²) in [6.45, 7) is 1.35. The van der Waals surface area contributed by atoms with E-state index in [-0.39, 0.29) is 5.92 Å². The first kappa shape index (κ1) is 12.0. The fraction of sp³-hybridized carbons (Fsp3) is 0.857. The molecule has 18 heavy (non-hydrogen) atoms. The van der Waals surface area contributed by atoms with Crippen LogP contribution >= 0.6 is 0 Å². The Labute approximate surface area is 108 Å². The summed E-state index contributed by atoms with van der Waals surface area (Å²) in [5, 5.41) is 9.14. The lowest BCUT2D eigenvalue weighted by Crippen LogP contribution is -2.48. The highest BCUT2D eigenvalue weighted by Gasteiger charge is 2.49. The SMILES string of the molecule is COC1(C#N)CCN(C(=O)C2CC3CC3C2)CC1. The van der Waals surface area contributed by atoms with E-state index in [1.807, 2.05) is 4.90 Å². The van der Waals surface area contributed by atoms with Crippen molar-refractivity contribution in [3.63, 3.8) is 0 Å². The van der Waals surface area contributed by atoms with Gasteiger partial charge in [0.05, 0.1) is 6.07 Å². The van der Waals surface area contributed by atoms with E-state index in [0.29, 0.717) is 31.8 Å². The molecular weight excluding hydrogens is 228 g/mol. The van der Waals surface area contributed by atoms with Crippen LogP contribution in [-0.2, 0) is 9.53 Å². The molecule has 4 heteroatoms. The molecule has 0 bridgehead atoms. The maximum absolute atomic E-state index is 12.4. The second kappa shape index (κ2) is 4.24. The topological polar surface area (TPSA) is 53.3 Å². The monoisotopic (exact) mass is 248 g/mol. The quantitative estimate of drug-likeness (QED) is 0.745. The van der Waals surface area contributed by atoms with Gasteiger partial charge in [-0.3, -0.25) is 4.79 Å². The molecule has 3 aliphatic rings. The van der Waals surface area contributed by atoms with E-state index in [9.17, 15) is 4.79 Å². The van der Waals surface area contributed by atoms with Crippen molar-refractivity contribution in [3.8, 4) is 6.07 Å². The summed E-state index contributed by atoms with van der Waals surface area (Å²) in [4.78, 5) is 14.3. The molecule has 2 aliphatic carbocycles. The van der Waals surface area contributed by atoms with Gasteiger partial charge in [-0.2, -0.15) is 5.26 Å². The number of rotatable bonds is 2. The van der Waals surface area contributed by atoms with Crippen LogP contribution in [0.2, 0.25) is 0 Å². The fourth-order valence-electron chi connectivity index (χ4n) is 3.62. The average molecular weight is 248 g/mol. The average Bonchev–Trinajstić information content (AvgIpc) is 3.04. The van der Waals surface area contributed by atoms with Gasteiger partial charge in [0.25, 0.3) is 0 Å². The second-order valence-electron chi connectivity index (χ2n) is 6.06. The van der Waals surface area contributed by atoms with E-state index in [1.165, 1.54) is 6.42 Å². The van der Waals surface area contributed by atoms with Crippen molar-refractivity contribution in [1.29, 1.82) is 5.26 Å². The Kier molecular flexibility index (Phi) is 2.82. The highest BCUT2D eigenvalue weighted by Crippen LogP contribution is 2.54. The molecule has 1 amide bonds. The van der Waals surface area contributed by atoms with Gasteiger partial charge >= 0.3 is 0 Å². The van der Waals surface area contributed by atoms with Gasteiger partial charge in [0.2, 0.25) is 5.91 Å². The molecule has 1 heterocycles. The van der Waals surface area contributed by atoms with Crippen LogP contribution in [-0.4, -0.2) is 36.6 Å². The van der Waals surface area contributed by atoms with Gasteiger partial charge in [-0.1, -0.05) is 0 Å². The number of nitriles is 1. The van der Waals surface area contributed by atoms with Gasteiger partial charge in [-0.15, -0.1) is 0 Å². The Hall–Kier alpha value is -1.08. The molecule has 0 aromatic heterocycles. The highest BCUT2D eigenvalue weighted by molar-refractivity contribution is 5.79. The van der Waals surface area contributed by atoms with Crippen LogP contribution in [0, 0.1) is 29.1 Å². The number of ether oxygens (including phenoxy) is 1. The Morgan fingerprint density at radius 2 is 1.89 bits per heavy atom. The Bertz CT molecular complexity index is 383. The van der Waals surface area contributed by atoms with Crippen molar-refractivity contribution in [3.05, 3.63) is 0 Å². The zero-order chi connectivity index (χ0) is 12.8. The van der Waals surface area contributed by atoms with Crippen molar-refractivity contribution in [1.82, 2.24) is 4.90 Å². The zero-order valence-electron chi connectivity index (χ0n) is 10.9. The smallest absolute Gasteiger partial charge is 0.225 e. The molecule has 1 aliphatic heterocycles. The van der Waals surface area contributed by atoms with Crippen molar-refractivity contribution >= 4 is 5.91 Å². The number of likely N-dealkylation sites (tertiary alicyclic amines) is 1. The van der Waals surface area contributed by atoms with E-state index in [1.54, 1.807) is 7.11 Å². The van der Waals surface area contributed by atoms with E-state index in [4.69, 9.17) is 10.00 Å². The molecule has 2 atom stereocenters. The molecule has 4 nitrogen and oxygen atoms in total. The molecule has 0 N–H and O–H groups in total.